The van der Waals surface area contributed by atoms with Gasteiger partial charge in [0.05, 0.1) is 12.2 Å². The first-order valence-electron chi connectivity index (χ1n) is 7.14. The minimum Gasteiger partial charge on any atom is -0.371 e. The molecule has 1 saturated heterocycles. The summed E-state index contributed by atoms with van der Waals surface area (Å²) < 4.78 is 5.67. The molecule has 1 heterocycles. The number of amides is 3. The molecule has 0 aromatic carbocycles. The number of carbonyl (C=O) groups is 3. The summed E-state index contributed by atoms with van der Waals surface area (Å²) >= 11 is 0. The average molecular weight is 292 g/mol. The van der Waals surface area contributed by atoms with Crippen molar-refractivity contribution in [1.82, 2.24) is 10.6 Å². The fraction of sp³-hybridized carbons (Fsp3) is 0.533. The van der Waals surface area contributed by atoms with E-state index in [1.165, 1.54) is 0 Å². The third-order valence-electron chi connectivity index (χ3n) is 3.28. The van der Waals surface area contributed by atoms with Crippen LogP contribution in [0, 0.1) is 0 Å². The normalized spacial score (nSPS) is 25.6. The first kappa shape index (κ1) is 15.4. The first-order valence-corrected chi connectivity index (χ1v) is 7.14. The first-order chi connectivity index (χ1) is 9.95. The Labute approximate surface area is 123 Å². The Morgan fingerprint density at radius 1 is 1.43 bits per heavy atom. The zero-order valence-electron chi connectivity index (χ0n) is 12.2. The third kappa shape index (κ3) is 4.26. The second-order valence-electron chi connectivity index (χ2n) is 5.46. The van der Waals surface area contributed by atoms with Crippen LogP contribution in [-0.2, 0) is 19.1 Å². The topological polar surface area (TPSA) is 84.5 Å². The molecule has 2 N–H and O–H groups in total. The third-order valence-corrected chi connectivity index (χ3v) is 3.28. The summed E-state index contributed by atoms with van der Waals surface area (Å²) in [5.74, 6) is -1.07. The SMILES string of the molecule is CC(C)OC1C=C(C(=O)NC2CCC(=O)NC2=O)C=CC1. The predicted octanol–water partition coefficient (Wildman–Crippen LogP) is 0.588. The van der Waals surface area contributed by atoms with Crippen molar-refractivity contribution in [1.29, 1.82) is 0 Å². The molecule has 1 aliphatic carbocycles. The van der Waals surface area contributed by atoms with E-state index in [9.17, 15) is 14.4 Å². The zero-order chi connectivity index (χ0) is 15.4. The number of piperidine rings is 1. The summed E-state index contributed by atoms with van der Waals surface area (Å²) in [4.78, 5) is 34.9. The molecule has 0 aromatic heterocycles. The van der Waals surface area contributed by atoms with Crippen LogP contribution in [0.1, 0.15) is 33.1 Å². The van der Waals surface area contributed by atoms with Gasteiger partial charge < -0.3 is 10.1 Å². The second kappa shape index (κ2) is 6.67. The molecule has 2 unspecified atom stereocenters. The average Bonchev–Trinajstić information content (AvgIpc) is 2.41. The fourth-order valence-electron chi connectivity index (χ4n) is 2.32. The summed E-state index contributed by atoms with van der Waals surface area (Å²) in [5, 5.41) is 4.87. The van der Waals surface area contributed by atoms with Crippen LogP contribution in [0.25, 0.3) is 0 Å². The Morgan fingerprint density at radius 2 is 2.19 bits per heavy atom. The number of hydrogen-bond acceptors (Lipinski definition) is 4. The molecule has 114 valence electrons. The van der Waals surface area contributed by atoms with Crippen molar-refractivity contribution in [2.24, 2.45) is 0 Å². The van der Waals surface area contributed by atoms with E-state index in [1.54, 1.807) is 12.2 Å². The van der Waals surface area contributed by atoms with E-state index >= 15 is 0 Å². The summed E-state index contributed by atoms with van der Waals surface area (Å²) in [6.07, 6.45) is 6.63. The molecule has 0 saturated carbocycles. The van der Waals surface area contributed by atoms with Crippen LogP contribution in [0.4, 0.5) is 0 Å². The molecule has 0 aromatic rings. The van der Waals surface area contributed by atoms with Crippen LogP contribution in [0.3, 0.4) is 0 Å². The van der Waals surface area contributed by atoms with E-state index in [4.69, 9.17) is 4.74 Å². The van der Waals surface area contributed by atoms with Gasteiger partial charge in [-0.1, -0.05) is 12.2 Å². The number of carbonyl (C=O) groups excluding carboxylic acids is 3. The van der Waals surface area contributed by atoms with Crippen molar-refractivity contribution >= 4 is 17.7 Å². The van der Waals surface area contributed by atoms with E-state index in [1.807, 2.05) is 19.9 Å². The molecule has 1 aliphatic heterocycles. The van der Waals surface area contributed by atoms with Gasteiger partial charge >= 0.3 is 0 Å². The maximum Gasteiger partial charge on any atom is 0.251 e. The van der Waals surface area contributed by atoms with Gasteiger partial charge in [0, 0.05) is 12.0 Å². The highest BCUT2D eigenvalue weighted by Crippen LogP contribution is 2.16. The minimum atomic E-state index is -0.657. The summed E-state index contributed by atoms with van der Waals surface area (Å²) in [6.45, 7) is 3.88. The van der Waals surface area contributed by atoms with Crippen LogP contribution >= 0.6 is 0 Å². The Hall–Kier alpha value is -1.95. The van der Waals surface area contributed by atoms with Gasteiger partial charge in [0.2, 0.25) is 11.8 Å². The van der Waals surface area contributed by atoms with Gasteiger partial charge in [-0.15, -0.1) is 0 Å². The van der Waals surface area contributed by atoms with Gasteiger partial charge in [-0.2, -0.15) is 0 Å². The summed E-state index contributed by atoms with van der Waals surface area (Å²) in [5.41, 5.74) is 0.483. The minimum absolute atomic E-state index is 0.0807. The van der Waals surface area contributed by atoms with Crippen LogP contribution in [-0.4, -0.2) is 36.0 Å². The monoisotopic (exact) mass is 292 g/mol. The lowest BCUT2D eigenvalue weighted by atomic mass is 10.0. The van der Waals surface area contributed by atoms with Crippen LogP contribution < -0.4 is 10.6 Å². The Morgan fingerprint density at radius 3 is 2.86 bits per heavy atom. The number of ether oxygens (including phenoxy) is 1. The van der Waals surface area contributed by atoms with E-state index in [0.717, 1.165) is 6.42 Å². The fourth-order valence-corrected chi connectivity index (χ4v) is 2.32. The van der Waals surface area contributed by atoms with Crippen molar-refractivity contribution < 1.29 is 19.1 Å². The van der Waals surface area contributed by atoms with E-state index in [0.29, 0.717) is 12.0 Å². The maximum atomic E-state index is 12.2. The standard InChI is InChI=1S/C15H20N2O4/c1-9(2)21-11-5-3-4-10(8-11)14(19)16-12-6-7-13(18)17-15(12)20/h3-4,8-9,11-12H,5-7H2,1-2H3,(H,16,19)(H,17,18,20). The lowest BCUT2D eigenvalue weighted by Gasteiger charge is -2.23. The van der Waals surface area contributed by atoms with Crippen LogP contribution in [0.15, 0.2) is 23.8 Å². The number of nitrogens with one attached hydrogen (secondary N) is 2. The number of hydrogen-bond donors (Lipinski definition) is 2. The van der Waals surface area contributed by atoms with Crippen LogP contribution in [0.5, 0.6) is 0 Å². The van der Waals surface area contributed by atoms with E-state index in [2.05, 4.69) is 10.6 Å². The van der Waals surface area contributed by atoms with E-state index in [-0.39, 0.29) is 30.4 Å². The molecule has 0 spiro atoms. The van der Waals surface area contributed by atoms with Crippen molar-refractivity contribution in [3.8, 4) is 0 Å². The highest BCUT2D eigenvalue weighted by atomic mass is 16.5. The summed E-state index contributed by atoms with van der Waals surface area (Å²) in [7, 11) is 0. The molecule has 2 aliphatic rings. The molecule has 21 heavy (non-hydrogen) atoms. The molecule has 2 atom stereocenters. The predicted molar refractivity (Wildman–Crippen MR) is 76.2 cm³/mol. The highest BCUT2D eigenvalue weighted by Gasteiger charge is 2.28. The molecule has 3 amide bonds. The molecule has 0 radical (unpaired) electrons. The Bertz CT molecular complexity index is 508. The van der Waals surface area contributed by atoms with Gasteiger partial charge in [0.15, 0.2) is 0 Å². The summed E-state index contributed by atoms with van der Waals surface area (Å²) in [6, 6.07) is -0.657. The maximum absolute atomic E-state index is 12.2. The van der Waals surface area contributed by atoms with Gasteiger partial charge in [-0.3, -0.25) is 19.7 Å². The van der Waals surface area contributed by atoms with Crippen molar-refractivity contribution in [3.63, 3.8) is 0 Å². The molecular weight excluding hydrogens is 272 g/mol. The van der Waals surface area contributed by atoms with Crippen molar-refractivity contribution in [2.75, 3.05) is 0 Å². The molecule has 1 fully saturated rings. The highest BCUT2D eigenvalue weighted by molar-refractivity contribution is 6.04. The molecule has 6 heteroatoms. The molecule has 2 rings (SSSR count). The van der Waals surface area contributed by atoms with Gasteiger partial charge in [-0.25, -0.2) is 0 Å². The number of rotatable bonds is 4. The van der Waals surface area contributed by atoms with Crippen molar-refractivity contribution in [2.45, 2.75) is 51.4 Å². The quantitative estimate of drug-likeness (QED) is 0.743. The van der Waals surface area contributed by atoms with Gasteiger partial charge in [0.1, 0.15) is 6.04 Å². The Balaban J connectivity index is 1.96. The molecular formula is C15H20N2O4. The van der Waals surface area contributed by atoms with Gasteiger partial charge in [0.25, 0.3) is 5.91 Å². The van der Waals surface area contributed by atoms with Crippen LogP contribution in [0.2, 0.25) is 0 Å². The van der Waals surface area contributed by atoms with E-state index < -0.39 is 11.9 Å². The smallest absolute Gasteiger partial charge is 0.251 e. The Kier molecular flexibility index (Phi) is 4.90. The van der Waals surface area contributed by atoms with Gasteiger partial charge in [-0.05, 0) is 32.8 Å². The number of imide groups is 1. The lowest BCUT2D eigenvalue weighted by molar-refractivity contribution is -0.136. The molecule has 6 nitrogen and oxygen atoms in total. The molecule has 0 bridgehead atoms. The zero-order valence-corrected chi connectivity index (χ0v) is 12.2. The van der Waals surface area contributed by atoms with Crippen molar-refractivity contribution in [3.05, 3.63) is 23.8 Å². The largest absolute Gasteiger partial charge is 0.371 e. The second-order valence-corrected chi connectivity index (χ2v) is 5.46. The lowest BCUT2D eigenvalue weighted by Crippen LogP contribution is -2.52.